The van der Waals surface area contributed by atoms with Crippen molar-refractivity contribution < 1.29 is 10.2 Å². The van der Waals surface area contributed by atoms with E-state index >= 15 is 0 Å². The highest BCUT2D eigenvalue weighted by molar-refractivity contribution is 5.52. The number of aromatic hydroxyl groups is 2. The molecule has 0 aliphatic carbocycles. The fraction of sp³-hybridized carbons (Fsp3) is 0.455. The average molecular weight is 180 g/mol. The van der Waals surface area contributed by atoms with Crippen molar-refractivity contribution >= 4 is 0 Å². The first-order chi connectivity index (χ1) is 6.07. The number of benzene rings is 1. The van der Waals surface area contributed by atoms with Crippen LogP contribution in [0.15, 0.2) is 6.07 Å². The lowest BCUT2D eigenvalue weighted by molar-refractivity contribution is 0.397. The van der Waals surface area contributed by atoms with Crippen LogP contribution in [0.3, 0.4) is 0 Å². The van der Waals surface area contributed by atoms with Crippen LogP contribution in [0.2, 0.25) is 0 Å². The zero-order valence-corrected chi connectivity index (χ0v) is 8.39. The molecule has 0 unspecified atom stereocenters. The number of phenolic OH excluding ortho intramolecular Hbond substituents is 2. The predicted molar refractivity (Wildman–Crippen MR) is 53.2 cm³/mol. The molecular weight excluding hydrogens is 164 g/mol. The van der Waals surface area contributed by atoms with E-state index in [2.05, 4.69) is 6.92 Å². The second kappa shape index (κ2) is 3.69. The highest BCUT2D eigenvalue weighted by Crippen LogP contribution is 2.34. The van der Waals surface area contributed by atoms with Gasteiger partial charge in [0.2, 0.25) is 0 Å². The number of hydrogen-bond acceptors (Lipinski definition) is 2. The van der Waals surface area contributed by atoms with Crippen LogP contribution in [0.4, 0.5) is 0 Å². The van der Waals surface area contributed by atoms with Gasteiger partial charge in [0.05, 0.1) is 0 Å². The Morgan fingerprint density at radius 3 is 2.31 bits per heavy atom. The van der Waals surface area contributed by atoms with Gasteiger partial charge in [-0.2, -0.15) is 0 Å². The molecule has 13 heavy (non-hydrogen) atoms. The van der Waals surface area contributed by atoms with E-state index in [4.69, 9.17) is 0 Å². The van der Waals surface area contributed by atoms with E-state index in [-0.39, 0.29) is 11.5 Å². The van der Waals surface area contributed by atoms with Crippen LogP contribution in [-0.4, -0.2) is 10.2 Å². The Hall–Kier alpha value is -1.18. The summed E-state index contributed by atoms with van der Waals surface area (Å²) >= 11 is 0. The van der Waals surface area contributed by atoms with E-state index in [9.17, 15) is 10.2 Å². The number of rotatable bonds is 2. The van der Waals surface area contributed by atoms with Crippen molar-refractivity contribution in [3.63, 3.8) is 0 Å². The van der Waals surface area contributed by atoms with Crippen molar-refractivity contribution in [2.24, 2.45) is 0 Å². The quantitative estimate of drug-likeness (QED) is 0.687. The number of aryl methyl sites for hydroxylation is 2. The molecule has 0 aromatic heterocycles. The molecule has 72 valence electrons. The molecule has 0 saturated carbocycles. The molecule has 1 aromatic carbocycles. The molecule has 1 aromatic rings. The molecule has 0 saturated heterocycles. The van der Waals surface area contributed by atoms with Crippen molar-refractivity contribution in [3.8, 4) is 11.5 Å². The van der Waals surface area contributed by atoms with Gasteiger partial charge in [0.15, 0.2) is 11.5 Å². The highest BCUT2D eigenvalue weighted by atomic mass is 16.3. The van der Waals surface area contributed by atoms with E-state index in [1.54, 1.807) is 6.92 Å². The Labute approximate surface area is 78.8 Å². The van der Waals surface area contributed by atoms with E-state index in [0.29, 0.717) is 0 Å². The lowest BCUT2D eigenvalue weighted by Crippen LogP contribution is -1.91. The van der Waals surface area contributed by atoms with Crippen molar-refractivity contribution in [2.75, 3.05) is 0 Å². The minimum atomic E-state index is 0.0114. The van der Waals surface area contributed by atoms with Gasteiger partial charge in [-0.15, -0.1) is 0 Å². The first-order valence-corrected chi connectivity index (χ1v) is 4.59. The van der Waals surface area contributed by atoms with Crippen LogP contribution in [0.5, 0.6) is 11.5 Å². The summed E-state index contributed by atoms with van der Waals surface area (Å²) in [6.07, 6.45) is 1.99. The van der Waals surface area contributed by atoms with Crippen LogP contribution in [0, 0.1) is 13.8 Å². The smallest absolute Gasteiger partial charge is 0.160 e. The van der Waals surface area contributed by atoms with Crippen molar-refractivity contribution in [1.82, 2.24) is 0 Å². The molecule has 1 rings (SSSR count). The van der Waals surface area contributed by atoms with E-state index in [1.165, 1.54) is 0 Å². The molecule has 0 bridgehead atoms. The summed E-state index contributed by atoms with van der Waals surface area (Å²) in [4.78, 5) is 0. The standard InChI is InChI=1S/C11H16O2/c1-4-5-9-6-7(2)10(12)11(13)8(9)3/h6,12-13H,4-5H2,1-3H3. The maximum Gasteiger partial charge on any atom is 0.160 e. The van der Waals surface area contributed by atoms with Crippen molar-refractivity contribution in [2.45, 2.75) is 33.6 Å². The molecule has 0 atom stereocenters. The second-order valence-electron chi connectivity index (χ2n) is 3.42. The van der Waals surface area contributed by atoms with E-state index in [0.717, 1.165) is 29.5 Å². The third kappa shape index (κ3) is 1.77. The molecule has 2 N–H and O–H groups in total. The summed E-state index contributed by atoms with van der Waals surface area (Å²) in [5, 5.41) is 19.0. The van der Waals surface area contributed by atoms with Gasteiger partial charge >= 0.3 is 0 Å². The molecule has 0 radical (unpaired) electrons. The van der Waals surface area contributed by atoms with Gasteiger partial charge in [-0.05, 0) is 37.0 Å². The molecule has 0 aliphatic rings. The minimum absolute atomic E-state index is 0.0114. The van der Waals surface area contributed by atoms with Crippen LogP contribution in [-0.2, 0) is 6.42 Å². The fourth-order valence-electron chi connectivity index (χ4n) is 1.48. The van der Waals surface area contributed by atoms with Gasteiger partial charge in [0.1, 0.15) is 0 Å². The SMILES string of the molecule is CCCc1cc(C)c(O)c(O)c1C. The van der Waals surface area contributed by atoms with Crippen LogP contribution >= 0.6 is 0 Å². The molecule has 0 aliphatic heterocycles. The zero-order valence-electron chi connectivity index (χ0n) is 8.39. The van der Waals surface area contributed by atoms with E-state index < -0.39 is 0 Å². The summed E-state index contributed by atoms with van der Waals surface area (Å²) in [5.74, 6) is 0.0424. The summed E-state index contributed by atoms with van der Waals surface area (Å²) in [5.41, 5.74) is 2.66. The summed E-state index contributed by atoms with van der Waals surface area (Å²) in [6, 6.07) is 1.94. The molecule has 0 fully saturated rings. The van der Waals surface area contributed by atoms with Gasteiger partial charge in [-0.3, -0.25) is 0 Å². The fourth-order valence-corrected chi connectivity index (χ4v) is 1.48. The molecule has 0 heterocycles. The third-order valence-electron chi connectivity index (χ3n) is 2.34. The number of phenols is 2. The lowest BCUT2D eigenvalue weighted by Gasteiger charge is -2.10. The molecule has 0 amide bonds. The van der Waals surface area contributed by atoms with Gasteiger partial charge in [0, 0.05) is 0 Å². The Balaban J connectivity index is 3.24. The average Bonchev–Trinajstić information content (AvgIpc) is 2.11. The Bertz CT molecular complexity index is 316. The Morgan fingerprint density at radius 1 is 1.15 bits per heavy atom. The van der Waals surface area contributed by atoms with Gasteiger partial charge < -0.3 is 10.2 Å². The molecule has 2 nitrogen and oxygen atoms in total. The van der Waals surface area contributed by atoms with Gasteiger partial charge in [0.25, 0.3) is 0 Å². The third-order valence-corrected chi connectivity index (χ3v) is 2.34. The topological polar surface area (TPSA) is 40.5 Å². The molecular formula is C11H16O2. The summed E-state index contributed by atoms with van der Waals surface area (Å²) in [6.45, 7) is 5.73. The second-order valence-corrected chi connectivity index (χ2v) is 3.42. The normalized spacial score (nSPS) is 10.4. The van der Waals surface area contributed by atoms with Gasteiger partial charge in [-0.25, -0.2) is 0 Å². The predicted octanol–water partition coefficient (Wildman–Crippen LogP) is 2.67. The zero-order chi connectivity index (χ0) is 10.0. The van der Waals surface area contributed by atoms with Crippen LogP contribution < -0.4 is 0 Å². The Morgan fingerprint density at radius 2 is 1.77 bits per heavy atom. The van der Waals surface area contributed by atoms with E-state index in [1.807, 2.05) is 13.0 Å². The lowest BCUT2D eigenvalue weighted by atomic mass is 10.00. The maximum atomic E-state index is 9.54. The maximum absolute atomic E-state index is 9.54. The highest BCUT2D eigenvalue weighted by Gasteiger charge is 2.10. The largest absolute Gasteiger partial charge is 0.504 e. The molecule has 2 heteroatoms. The van der Waals surface area contributed by atoms with Gasteiger partial charge in [-0.1, -0.05) is 19.4 Å². The first kappa shape index (κ1) is 9.90. The monoisotopic (exact) mass is 180 g/mol. The van der Waals surface area contributed by atoms with Crippen LogP contribution in [0.25, 0.3) is 0 Å². The number of hydrogen-bond donors (Lipinski definition) is 2. The summed E-state index contributed by atoms with van der Waals surface area (Å²) in [7, 11) is 0. The van der Waals surface area contributed by atoms with Crippen LogP contribution in [0.1, 0.15) is 30.0 Å². The van der Waals surface area contributed by atoms with Crippen molar-refractivity contribution in [1.29, 1.82) is 0 Å². The first-order valence-electron chi connectivity index (χ1n) is 4.59. The molecule has 0 spiro atoms. The van der Waals surface area contributed by atoms with Crippen molar-refractivity contribution in [3.05, 3.63) is 22.8 Å². The summed E-state index contributed by atoms with van der Waals surface area (Å²) < 4.78 is 0. The Kier molecular flexibility index (Phi) is 2.81. The minimum Gasteiger partial charge on any atom is -0.504 e.